The summed E-state index contributed by atoms with van der Waals surface area (Å²) in [5.74, 6) is 0.213. The Balaban J connectivity index is 2.26. The second-order valence-electron chi connectivity index (χ2n) is 5.37. The summed E-state index contributed by atoms with van der Waals surface area (Å²) in [4.78, 5) is 2.18. The zero-order valence-corrected chi connectivity index (χ0v) is 11.8. The number of halogens is 1. The van der Waals surface area contributed by atoms with Gasteiger partial charge in [-0.2, -0.15) is 0 Å². The molecule has 1 aromatic rings. The third-order valence-corrected chi connectivity index (χ3v) is 3.97. The first-order valence-corrected chi connectivity index (χ1v) is 6.78. The molecule has 1 N–H and O–H groups in total. The summed E-state index contributed by atoms with van der Waals surface area (Å²) in [6, 6.07) is 4.61. The summed E-state index contributed by atoms with van der Waals surface area (Å²) in [6.45, 7) is 5.54. The molecular weight excluding hydrogens is 245 g/mol. The molecule has 1 fully saturated rings. The van der Waals surface area contributed by atoms with Gasteiger partial charge in [0, 0.05) is 31.5 Å². The van der Waals surface area contributed by atoms with Crippen molar-refractivity contribution in [2.45, 2.75) is 32.5 Å². The largest absolute Gasteiger partial charge is 0.389 e. The van der Waals surface area contributed by atoms with Crippen molar-refractivity contribution in [3.63, 3.8) is 0 Å². The number of aliphatic hydroxyl groups excluding tert-OH is 1. The number of rotatable bonds is 3. The molecule has 2 rings (SSSR count). The number of methoxy groups -OCH3 is 1. The maximum Gasteiger partial charge on any atom is 0.123 e. The van der Waals surface area contributed by atoms with Gasteiger partial charge in [0.05, 0.1) is 12.2 Å². The molecule has 3 nitrogen and oxygen atoms in total. The van der Waals surface area contributed by atoms with E-state index in [0.717, 1.165) is 25.2 Å². The fourth-order valence-electron chi connectivity index (χ4n) is 2.71. The van der Waals surface area contributed by atoms with E-state index >= 15 is 0 Å². The predicted molar refractivity (Wildman–Crippen MR) is 73.8 cm³/mol. The highest BCUT2D eigenvalue weighted by molar-refractivity contribution is 5.55. The Morgan fingerprint density at radius 1 is 1.47 bits per heavy atom. The Morgan fingerprint density at radius 2 is 2.21 bits per heavy atom. The molecule has 1 saturated heterocycles. The number of hydrogen-bond acceptors (Lipinski definition) is 3. The molecule has 1 aliphatic rings. The maximum atomic E-state index is 13.3. The summed E-state index contributed by atoms with van der Waals surface area (Å²) >= 11 is 0. The molecule has 106 valence electrons. The van der Waals surface area contributed by atoms with Crippen LogP contribution in [0.2, 0.25) is 0 Å². The average Bonchev–Trinajstić information content (AvgIpc) is 2.39. The fraction of sp³-hybridized carbons (Fsp3) is 0.600. The molecule has 0 aliphatic carbocycles. The second kappa shape index (κ2) is 5.88. The molecule has 0 aromatic heterocycles. The van der Waals surface area contributed by atoms with E-state index in [1.807, 2.05) is 0 Å². The summed E-state index contributed by atoms with van der Waals surface area (Å²) in [7, 11) is 1.73. The Kier molecular flexibility index (Phi) is 4.42. The number of nitrogens with zero attached hydrogens (tertiary/aromatic N) is 1. The van der Waals surface area contributed by atoms with Crippen LogP contribution in [0.1, 0.15) is 31.9 Å². The van der Waals surface area contributed by atoms with Crippen LogP contribution in [0.3, 0.4) is 0 Å². The molecule has 0 bridgehead atoms. The van der Waals surface area contributed by atoms with Crippen LogP contribution < -0.4 is 4.90 Å². The number of anilines is 1. The van der Waals surface area contributed by atoms with Gasteiger partial charge in [-0.3, -0.25) is 0 Å². The van der Waals surface area contributed by atoms with Crippen molar-refractivity contribution >= 4 is 5.69 Å². The van der Waals surface area contributed by atoms with Gasteiger partial charge in [-0.05, 0) is 37.5 Å². The zero-order chi connectivity index (χ0) is 14.0. The Bertz CT molecular complexity index is 436. The van der Waals surface area contributed by atoms with Crippen molar-refractivity contribution in [2.24, 2.45) is 5.92 Å². The monoisotopic (exact) mass is 267 g/mol. The lowest BCUT2D eigenvalue weighted by atomic mass is 9.94. The van der Waals surface area contributed by atoms with E-state index in [9.17, 15) is 9.50 Å². The highest BCUT2D eigenvalue weighted by Crippen LogP contribution is 2.31. The number of aliphatic hydroxyl groups is 1. The number of hydrogen-bond donors (Lipinski definition) is 1. The van der Waals surface area contributed by atoms with Crippen LogP contribution in [0, 0.1) is 11.7 Å². The first-order valence-electron chi connectivity index (χ1n) is 6.78. The lowest BCUT2D eigenvalue weighted by Crippen LogP contribution is -2.44. The van der Waals surface area contributed by atoms with Gasteiger partial charge in [0.2, 0.25) is 0 Å². The lowest BCUT2D eigenvalue weighted by molar-refractivity contribution is 0.0496. The van der Waals surface area contributed by atoms with Crippen LogP contribution in [0.15, 0.2) is 18.2 Å². The van der Waals surface area contributed by atoms with Crippen molar-refractivity contribution in [3.8, 4) is 0 Å². The van der Waals surface area contributed by atoms with Crippen LogP contribution in [0.25, 0.3) is 0 Å². The molecule has 1 heterocycles. The van der Waals surface area contributed by atoms with Crippen molar-refractivity contribution in [1.82, 2.24) is 0 Å². The van der Waals surface area contributed by atoms with Gasteiger partial charge in [-0.1, -0.05) is 6.92 Å². The average molecular weight is 267 g/mol. The number of piperidine rings is 1. The van der Waals surface area contributed by atoms with Gasteiger partial charge in [0.25, 0.3) is 0 Å². The van der Waals surface area contributed by atoms with Crippen molar-refractivity contribution in [2.75, 3.05) is 25.1 Å². The number of ether oxygens (including phenoxy) is 1. The van der Waals surface area contributed by atoms with E-state index in [-0.39, 0.29) is 11.9 Å². The summed E-state index contributed by atoms with van der Waals surface area (Å²) in [5.41, 5.74) is 1.55. The minimum Gasteiger partial charge on any atom is -0.389 e. The van der Waals surface area contributed by atoms with Crippen molar-refractivity contribution < 1.29 is 14.2 Å². The molecule has 3 atom stereocenters. The third kappa shape index (κ3) is 3.07. The van der Waals surface area contributed by atoms with Crippen molar-refractivity contribution in [3.05, 3.63) is 29.6 Å². The molecule has 0 amide bonds. The topological polar surface area (TPSA) is 32.7 Å². The SMILES string of the molecule is COC1CN(c2ccc(F)cc2[C@H](C)O)CCC1C. The van der Waals surface area contributed by atoms with Crippen LogP contribution in [0.5, 0.6) is 0 Å². The quantitative estimate of drug-likeness (QED) is 0.914. The van der Waals surface area contributed by atoms with Gasteiger partial charge in [0.15, 0.2) is 0 Å². The highest BCUT2D eigenvalue weighted by atomic mass is 19.1. The molecule has 0 saturated carbocycles. The van der Waals surface area contributed by atoms with Gasteiger partial charge in [0.1, 0.15) is 5.82 Å². The molecule has 0 radical (unpaired) electrons. The normalized spacial score (nSPS) is 25.4. The minimum atomic E-state index is -0.675. The Labute approximate surface area is 114 Å². The van der Waals surface area contributed by atoms with Crippen LogP contribution in [0.4, 0.5) is 10.1 Å². The minimum absolute atomic E-state index is 0.181. The summed E-state index contributed by atoms with van der Waals surface area (Å²) in [6.07, 6.45) is 0.543. The van der Waals surface area contributed by atoms with E-state index in [1.165, 1.54) is 12.1 Å². The lowest BCUT2D eigenvalue weighted by Gasteiger charge is -2.38. The highest BCUT2D eigenvalue weighted by Gasteiger charge is 2.27. The van der Waals surface area contributed by atoms with Gasteiger partial charge in [-0.25, -0.2) is 4.39 Å². The van der Waals surface area contributed by atoms with Crippen LogP contribution in [-0.2, 0) is 4.74 Å². The van der Waals surface area contributed by atoms with E-state index in [0.29, 0.717) is 11.5 Å². The molecule has 4 heteroatoms. The zero-order valence-electron chi connectivity index (χ0n) is 11.8. The Morgan fingerprint density at radius 3 is 2.84 bits per heavy atom. The van der Waals surface area contributed by atoms with Gasteiger partial charge >= 0.3 is 0 Å². The molecule has 0 spiro atoms. The van der Waals surface area contributed by atoms with E-state index in [2.05, 4.69) is 11.8 Å². The number of benzene rings is 1. The predicted octanol–water partition coefficient (Wildman–Crippen LogP) is 2.74. The third-order valence-electron chi connectivity index (χ3n) is 3.97. The van der Waals surface area contributed by atoms with Crippen LogP contribution >= 0.6 is 0 Å². The van der Waals surface area contributed by atoms with Gasteiger partial charge in [-0.15, -0.1) is 0 Å². The first kappa shape index (κ1) is 14.3. The standard InChI is InChI=1S/C15H22FNO2/c1-10-6-7-17(9-15(10)19-3)14-5-4-12(16)8-13(14)11(2)18/h4-5,8,10-11,15,18H,6-7,9H2,1-3H3/t10?,11-,15?/m0/s1. The summed E-state index contributed by atoms with van der Waals surface area (Å²) < 4.78 is 18.8. The van der Waals surface area contributed by atoms with Crippen molar-refractivity contribution in [1.29, 1.82) is 0 Å². The van der Waals surface area contributed by atoms with Crippen LogP contribution in [-0.4, -0.2) is 31.4 Å². The fourth-order valence-corrected chi connectivity index (χ4v) is 2.71. The van der Waals surface area contributed by atoms with E-state index in [1.54, 1.807) is 20.1 Å². The van der Waals surface area contributed by atoms with Gasteiger partial charge < -0.3 is 14.7 Å². The molecule has 19 heavy (non-hydrogen) atoms. The molecule has 2 unspecified atom stereocenters. The summed E-state index contributed by atoms with van der Waals surface area (Å²) in [5, 5.41) is 9.81. The molecule has 1 aliphatic heterocycles. The second-order valence-corrected chi connectivity index (χ2v) is 5.37. The Hall–Kier alpha value is -1.13. The smallest absolute Gasteiger partial charge is 0.123 e. The maximum absolute atomic E-state index is 13.3. The van der Waals surface area contributed by atoms with E-state index < -0.39 is 6.10 Å². The first-order chi connectivity index (χ1) is 9.02. The van der Waals surface area contributed by atoms with E-state index in [4.69, 9.17) is 4.74 Å². The molecule has 1 aromatic carbocycles. The molecular formula is C15H22FNO2.